The van der Waals surface area contributed by atoms with Crippen LogP contribution in [0.5, 0.6) is 0 Å². The number of nitrogens with one attached hydrogen (secondary N) is 1. The van der Waals surface area contributed by atoms with E-state index in [4.69, 9.17) is 0 Å². The van der Waals surface area contributed by atoms with E-state index in [2.05, 4.69) is 5.32 Å². The van der Waals surface area contributed by atoms with E-state index in [9.17, 15) is 18.0 Å². The van der Waals surface area contributed by atoms with Gasteiger partial charge in [-0.2, -0.15) is 0 Å². The molecular formula is C28H31N3O4S. The minimum Gasteiger partial charge on any atom is -0.350 e. The van der Waals surface area contributed by atoms with E-state index in [1.54, 1.807) is 24.3 Å². The highest BCUT2D eigenvalue weighted by Gasteiger charge is 2.28. The molecular weight excluding hydrogens is 474 g/mol. The highest BCUT2D eigenvalue weighted by atomic mass is 32.2. The Morgan fingerprint density at radius 1 is 0.972 bits per heavy atom. The van der Waals surface area contributed by atoms with Gasteiger partial charge in [0.25, 0.3) is 10.0 Å². The summed E-state index contributed by atoms with van der Waals surface area (Å²) in [5, 5.41) is 2.84. The molecule has 2 amide bonds. The molecule has 0 spiro atoms. The largest absolute Gasteiger partial charge is 0.350 e. The van der Waals surface area contributed by atoms with Gasteiger partial charge in [-0.1, -0.05) is 60.2 Å². The van der Waals surface area contributed by atoms with Gasteiger partial charge in [0.15, 0.2) is 0 Å². The number of rotatable bonds is 9. The van der Waals surface area contributed by atoms with E-state index < -0.39 is 15.9 Å². The summed E-state index contributed by atoms with van der Waals surface area (Å²) in [6.45, 7) is 5.09. The third-order valence-corrected chi connectivity index (χ3v) is 8.07. The topological polar surface area (TPSA) is 86.8 Å². The van der Waals surface area contributed by atoms with Gasteiger partial charge in [-0.15, -0.1) is 0 Å². The van der Waals surface area contributed by atoms with Crippen molar-refractivity contribution in [3.05, 3.63) is 95.1 Å². The fourth-order valence-electron chi connectivity index (χ4n) is 4.35. The zero-order valence-corrected chi connectivity index (χ0v) is 21.4. The lowest BCUT2D eigenvalue weighted by Gasteiger charge is -2.26. The molecule has 0 saturated carbocycles. The Kier molecular flexibility index (Phi) is 7.74. The van der Waals surface area contributed by atoms with Crippen molar-refractivity contribution in [3.8, 4) is 0 Å². The number of hydrogen-bond donors (Lipinski definition) is 1. The van der Waals surface area contributed by atoms with E-state index >= 15 is 0 Å². The van der Waals surface area contributed by atoms with Crippen LogP contribution in [0.2, 0.25) is 0 Å². The summed E-state index contributed by atoms with van der Waals surface area (Å²) >= 11 is 0. The van der Waals surface area contributed by atoms with Crippen LogP contribution in [0.25, 0.3) is 0 Å². The first-order valence-corrected chi connectivity index (χ1v) is 13.5. The third kappa shape index (κ3) is 5.94. The summed E-state index contributed by atoms with van der Waals surface area (Å²) in [4.78, 5) is 26.8. The number of carbonyl (C=O) groups is 2. The lowest BCUT2D eigenvalue weighted by molar-refractivity contribution is -0.128. The van der Waals surface area contributed by atoms with Crippen molar-refractivity contribution in [2.45, 2.75) is 44.7 Å². The smallest absolute Gasteiger partial charge is 0.264 e. The lowest BCUT2D eigenvalue weighted by atomic mass is 10.1. The molecule has 1 heterocycles. The number of carbonyl (C=O) groups excluding carboxylic acids is 2. The first-order valence-electron chi connectivity index (χ1n) is 12.0. The van der Waals surface area contributed by atoms with Crippen molar-refractivity contribution in [2.75, 3.05) is 17.4 Å². The highest BCUT2D eigenvalue weighted by molar-refractivity contribution is 7.92. The predicted octanol–water partition coefficient (Wildman–Crippen LogP) is 3.94. The minimum absolute atomic E-state index is 0.129. The maximum Gasteiger partial charge on any atom is 0.264 e. The molecule has 0 atom stereocenters. The van der Waals surface area contributed by atoms with Gasteiger partial charge in [-0.05, 0) is 55.2 Å². The molecule has 0 aliphatic carbocycles. The van der Waals surface area contributed by atoms with Crippen LogP contribution in [0, 0.1) is 13.8 Å². The molecule has 1 aliphatic heterocycles. The first kappa shape index (κ1) is 25.4. The van der Waals surface area contributed by atoms with Crippen LogP contribution in [0.3, 0.4) is 0 Å². The van der Waals surface area contributed by atoms with Crippen molar-refractivity contribution < 1.29 is 18.0 Å². The van der Waals surface area contributed by atoms with E-state index in [1.807, 2.05) is 55.1 Å². The Balaban J connectivity index is 1.46. The molecule has 4 rings (SSSR count). The van der Waals surface area contributed by atoms with Crippen LogP contribution >= 0.6 is 0 Å². The first-order chi connectivity index (χ1) is 17.2. The van der Waals surface area contributed by atoms with Gasteiger partial charge in [-0.25, -0.2) is 8.42 Å². The fourth-order valence-corrected chi connectivity index (χ4v) is 5.85. The van der Waals surface area contributed by atoms with Crippen molar-refractivity contribution >= 4 is 27.5 Å². The van der Waals surface area contributed by atoms with E-state index in [0.29, 0.717) is 18.7 Å². The second kappa shape index (κ2) is 11.0. The number of aryl methyl sites for hydroxylation is 2. The Morgan fingerprint density at radius 3 is 2.31 bits per heavy atom. The maximum absolute atomic E-state index is 13.5. The SMILES string of the molecule is Cc1ccc(N(CC(=O)NCc2ccc(CN3CCCC3=O)cc2)S(=O)(=O)c2ccccc2)c(C)c1. The van der Waals surface area contributed by atoms with Crippen LogP contribution in [0.15, 0.2) is 77.7 Å². The molecule has 7 nitrogen and oxygen atoms in total. The monoisotopic (exact) mass is 505 g/mol. The lowest BCUT2D eigenvalue weighted by Crippen LogP contribution is -2.41. The average Bonchev–Trinajstić information content (AvgIpc) is 3.27. The number of likely N-dealkylation sites (tertiary alicyclic amines) is 1. The van der Waals surface area contributed by atoms with Gasteiger partial charge < -0.3 is 10.2 Å². The van der Waals surface area contributed by atoms with Crippen molar-refractivity contribution in [3.63, 3.8) is 0 Å². The Labute approximate surface area is 212 Å². The second-order valence-electron chi connectivity index (χ2n) is 9.13. The van der Waals surface area contributed by atoms with Gasteiger partial charge in [0.05, 0.1) is 10.6 Å². The molecule has 8 heteroatoms. The zero-order valence-electron chi connectivity index (χ0n) is 20.6. The summed E-state index contributed by atoms with van der Waals surface area (Å²) in [6.07, 6.45) is 1.52. The molecule has 0 bridgehead atoms. The van der Waals surface area contributed by atoms with Crippen molar-refractivity contribution in [1.82, 2.24) is 10.2 Å². The number of benzene rings is 3. The third-order valence-electron chi connectivity index (χ3n) is 6.30. The summed E-state index contributed by atoms with van der Waals surface area (Å²) in [5.74, 6) is -0.216. The van der Waals surface area contributed by atoms with Crippen molar-refractivity contribution in [2.24, 2.45) is 0 Å². The summed E-state index contributed by atoms with van der Waals surface area (Å²) < 4.78 is 28.2. The van der Waals surface area contributed by atoms with Gasteiger partial charge in [0.2, 0.25) is 11.8 Å². The van der Waals surface area contributed by atoms with Crippen LogP contribution in [-0.4, -0.2) is 38.2 Å². The predicted molar refractivity (Wildman–Crippen MR) is 140 cm³/mol. The van der Waals surface area contributed by atoms with Crippen LogP contribution in [0.4, 0.5) is 5.69 Å². The zero-order chi connectivity index (χ0) is 25.7. The van der Waals surface area contributed by atoms with Gasteiger partial charge in [0.1, 0.15) is 6.54 Å². The van der Waals surface area contributed by atoms with Crippen LogP contribution in [0.1, 0.15) is 35.1 Å². The fraction of sp³-hybridized carbons (Fsp3) is 0.286. The molecule has 0 unspecified atom stereocenters. The number of sulfonamides is 1. The van der Waals surface area contributed by atoms with Gasteiger partial charge >= 0.3 is 0 Å². The number of anilines is 1. The molecule has 1 aliphatic rings. The molecule has 36 heavy (non-hydrogen) atoms. The number of amides is 2. The van der Waals surface area contributed by atoms with E-state index in [1.165, 1.54) is 16.4 Å². The Bertz CT molecular complexity index is 1340. The normalized spacial score (nSPS) is 13.6. The van der Waals surface area contributed by atoms with E-state index in [-0.39, 0.29) is 23.9 Å². The minimum atomic E-state index is -3.95. The van der Waals surface area contributed by atoms with Crippen molar-refractivity contribution in [1.29, 1.82) is 0 Å². The highest BCUT2D eigenvalue weighted by Crippen LogP contribution is 2.27. The molecule has 1 N–H and O–H groups in total. The molecule has 3 aromatic rings. The number of hydrogen-bond acceptors (Lipinski definition) is 4. The maximum atomic E-state index is 13.5. The molecule has 0 aromatic heterocycles. The molecule has 1 saturated heterocycles. The Hall–Kier alpha value is -3.65. The second-order valence-corrected chi connectivity index (χ2v) is 11.0. The van der Waals surface area contributed by atoms with E-state index in [0.717, 1.165) is 35.2 Å². The van der Waals surface area contributed by atoms with Gasteiger partial charge in [0, 0.05) is 26.1 Å². The summed E-state index contributed by atoms with van der Waals surface area (Å²) in [5.41, 5.74) is 4.18. The summed E-state index contributed by atoms with van der Waals surface area (Å²) in [6, 6.07) is 21.4. The van der Waals surface area contributed by atoms with Gasteiger partial charge in [-0.3, -0.25) is 13.9 Å². The van der Waals surface area contributed by atoms with Crippen LogP contribution < -0.4 is 9.62 Å². The molecule has 188 valence electrons. The Morgan fingerprint density at radius 2 is 1.67 bits per heavy atom. The molecule has 3 aromatic carbocycles. The molecule has 1 fully saturated rings. The average molecular weight is 506 g/mol. The molecule has 0 radical (unpaired) electrons. The quantitative estimate of drug-likeness (QED) is 0.477. The summed E-state index contributed by atoms with van der Waals surface area (Å²) in [7, 11) is -3.95. The van der Waals surface area contributed by atoms with Crippen LogP contribution in [-0.2, 0) is 32.7 Å². The standard InChI is InChI=1S/C28H31N3O4S/c1-21-10-15-26(22(2)17-21)31(36(34,35)25-7-4-3-5-8-25)20-27(32)29-18-23-11-13-24(14-12-23)19-30-16-6-9-28(30)33/h3-5,7-8,10-15,17H,6,9,16,18-20H2,1-2H3,(H,29,32). The number of nitrogens with zero attached hydrogens (tertiary/aromatic N) is 2.